The van der Waals surface area contributed by atoms with Gasteiger partial charge in [-0.15, -0.1) is 22.9 Å². The van der Waals surface area contributed by atoms with Crippen molar-refractivity contribution >= 4 is 40.7 Å². The Hall–Kier alpha value is -4.29. The molecule has 0 amide bonds. The molecular formula is C52H68ClNO9S. The summed E-state index contributed by atoms with van der Waals surface area (Å²) < 4.78 is 21.7. The number of nitrogens with zero attached hydrogens (tertiary/aromatic N) is 1. The molecule has 2 saturated carbocycles. The van der Waals surface area contributed by atoms with Crippen molar-refractivity contribution in [3.63, 3.8) is 0 Å². The molecule has 2 aliphatic rings. The van der Waals surface area contributed by atoms with Crippen molar-refractivity contribution in [3.8, 4) is 11.5 Å². The van der Waals surface area contributed by atoms with Gasteiger partial charge in [-0.3, -0.25) is 9.59 Å². The zero-order valence-corrected chi connectivity index (χ0v) is 39.9. The third kappa shape index (κ3) is 15.1. The fourth-order valence-electron chi connectivity index (χ4n) is 9.14. The van der Waals surface area contributed by atoms with Crippen molar-refractivity contribution in [2.45, 2.75) is 122 Å². The van der Waals surface area contributed by atoms with E-state index in [1.807, 2.05) is 62.4 Å². The first-order valence-electron chi connectivity index (χ1n) is 23.0. The van der Waals surface area contributed by atoms with E-state index in [0.29, 0.717) is 55.6 Å². The molecular weight excluding hydrogens is 850 g/mol. The van der Waals surface area contributed by atoms with Crippen molar-refractivity contribution in [1.82, 2.24) is 4.98 Å². The van der Waals surface area contributed by atoms with Crippen LogP contribution in [0.5, 0.6) is 11.5 Å². The number of benzene rings is 3. The number of aliphatic hydroxyl groups excluding tert-OH is 2. The van der Waals surface area contributed by atoms with Crippen LogP contribution >= 0.6 is 22.9 Å². The smallest absolute Gasteiger partial charge is 0.349 e. The first-order valence-corrected chi connectivity index (χ1v) is 24.3. The Bertz CT molecular complexity index is 2080. The van der Waals surface area contributed by atoms with Gasteiger partial charge in [0.15, 0.2) is 0 Å². The molecule has 0 bridgehead atoms. The summed E-state index contributed by atoms with van der Waals surface area (Å²) in [7, 11) is 2.79. The van der Waals surface area contributed by atoms with E-state index in [1.54, 1.807) is 6.20 Å². The third-order valence-electron chi connectivity index (χ3n) is 12.8. The topological polar surface area (TPSA) is 141 Å². The number of carbonyl (C=O) groups excluding carboxylic acids is 3. The average Bonchev–Trinajstić information content (AvgIpc) is 4.02. The predicted molar refractivity (Wildman–Crippen MR) is 253 cm³/mol. The van der Waals surface area contributed by atoms with E-state index < -0.39 is 6.10 Å². The second-order valence-electron chi connectivity index (χ2n) is 17.4. The molecule has 0 aliphatic heterocycles. The number of hydrogen-bond acceptors (Lipinski definition) is 11. The van der Waals surface area contributed by atoms with Gasteiger partial charge in [0.05, 0.1) is 50.7 Å². The third-order valence-corrected chi connectivity index (χ3v) is 14.4. The highest BCUT2D eigenvalue weighted by molar-refractivity contribution is 7.13. The standard InChI is InChI=1S/C27H34O5.C25H34ClNO4S/c1-18-13-23(14-19(2)24(18)11-12-28)32-17-25-22(8-9-26(25)29)16-21-6-4-5-20(15-21)7-10-27(30)31-3;1-3-4-10-22(28)18-8-5-9-19(14-18)31-16-20-17(12-13-21(20)26)7-6-11-24-27-15-23(32-24)25(29)30-2/h4-6,13-15,22,25,28H,7-12,16-17H2,1-3H3;5,8-9,14-15,17,20-22,28H,3-4,6-7,10-13,16H2,1-2H3/t22-,25-;17-,20+,21?,22?/m10/s1. The van der Waals surface area contributed by atoms with Gasteiger partial charge in [-0.25, -0.2) is 9.78 Å². The van der Waals surface area contributed by atoms with Crippen molar-refractivity contribution in [3.05, 3.63) is 110 Å². The molecule has 12 heteroatoms. The zero-order valence-electron chi connectivity index (χ0n) is 38.3. The van der Waals surface area contributed by atoms with Crippen LogP contribution in [0.4, 0.5) is 0 Å². The van der Waals surface area contributed by atoms with Crippen molar-refractivity contribution in [2.24, 2.45) is 23.7 Å². The molecule has 6 atom stereocenters. The molecule has 10 nitrogen and oxygen atoms in total. The van der Waals surface area contributed by atoms with Gasteiger partial charge in [0.1, 0.15) is 22.2 Å². The zero-order chi connectivity index (χ0) is 46.0. The summed E-state index contributed by atoms with van der Waals surface area (Å²) in [5, 5.41) is 20.7. The minimum Gasteiger partial charge on any atom is -0.493 e. The van der Waals surface area contributed by atoms with Crippen LogP contribution in [0.15, 0.2) is 66.9 Å². The summed E-state index contributed by atoms with van der Waals surface area (Å²) in [6, 6.07) is 20.1. The molecule has 348 valence electrons. The van der Waals surface area contributed by atoms with Crippen LogP contribution < -0.4 is 9.47 Å². The first-order chi connectivity index (χ1) is 30.9. The highest BCUT2D eigenvalue weighted by atomic mass is 35.5. The Balaban J connectivity index is 0.000000241. The van der Waals surface area contributed by atoms with Crippen LogP contribution in [0.25, 0.3) is 0 Å². The number of aryl methyl sites for hydroxylation is 4. The van der Waals surface area contributed by atoms with Crippen molar-refractivity contribution < 1.29 is 43.5 Å². The Labute approximate surface area is 389 Å². The SMILES string of the molecule is CCCCC(O)c1cccc(OC[C@H]2C(Cl)CC[C@@H]2CCCc2ncc(C(=O)OC)s2)c1.COC(=O)CCc1cccc(C[C@H]2CCC(=O)[C@@H]2COc2cc(C)c(CCO)c(C)c2)c1. The minimum atomic E-state index is -0.441. The van der Waals surface area contributed by atoms with Crippen molar-refractivity contribution in [2.75, 3.05) is 34.0 Å². The first kappa shape index (κ1) is 50.7. The normalized spacial score (nSPS) is 19.8. The van der Waals surface area contributed by atoms with E-state index >= 15 is 0 Å². The number of aromatic nitrogens is 1. The number of methoxy groups -OCH3 is 2. The number of Topliss-reactive ketones (excluding diaryl/α,β-unsaturated/α-hetero) is 1. The van der Waals surface area contributed by atoms with Gasteiger partial charge in [0, 0.05) is 30.7 Å². The predicted octanol–water partition coefficient (Wildman–Crippen LogP) is 10.3. The van der Waals surface area contributed by atoms with E-state index in [1.165, 1.54) is 31.1 Å². The van der Waals surface area contributed by atoms with Gasteiger partial charge in [-0.1, -0.05) is 56.2 Å². The van der Waals surface area contributed by atoms with Gasteiger partial charge < -0.3 is 29.2 Å². The van der Waals surface area contributed by atoms with Crippen LogP contribution in [-0.2, 0) is 44.7 Å². The summed E-state index contributed by atoms with van der Waals surface area (Å²) in [5.41, 5.74) is 6.58. The summed E-state index contributed by atoms with van der Waals surface area (Å²) in [5.74, 6) is 2.32. The van der Waals surface area contributed by atoms with Crippen LogP contribution in [0.3, 0.4) is 0 Å². The number of esters is 2. The van der Waals surface area contributed by atoms with Gasteiger partial charge in [-0.05, 0) is 148 Å². The minimum absolute atomic E-state index is 0.105. The molecule has 2 aliphatic carbocycles. The molecule has 0 spiro atoms. The molecule has 2 fully saturated rings. The molecule has 3 aromatic carbocycles. The molecule has 64 heavy (non-hydrogen) atoms. The lowest BCUT2D eigenvalue weighted by atomic mass is 9.89. The number of unbranched alkanes of at least 4 members (excludes halogenated alkanes) is 1. The molecule has 1 aromatic heterocycles. The summed E-state index contributed by atoms with van der Waals surface area (Å²) in [6.07, 6.45) is 13.1. The second-order valence-corrected chi connectivity index (χ2v) is 19.0. The highest BCUT2D eigenvalue weighted by Crippen LogP contribution is 2.40. The molecule has 0 saturated heterocycles. The highest BCUT2D eigenvalue weighted by Gasteiger charge is 2.36. The number of carbonyl (C=O) groups is 3. The number of aliphatic hydroxyl groups is 2. The Morgan fingerprint density at radius 1 is 0.875 bits per heavy atom. The number of hydrogen-bond donors (Lipinski definition) is 2. The number of alkyl halides is 1. The van der Waals surface area contributed by atoms with E-state index in [9.17, 15) is 24.6 Å². The fraction of sp³-hybridized carbons (Fsp3) is 0.538. The quantitative estimate of drug-likeness (QED) is 0.0578. The number of rotatable bonds is 22. The molecule has 6 rings (SSSR count). The van der Waals surface area contributed by atoms with E-state index in [4.69, 9.17) is 30.5 Å². The number of ketones is 1. The van der Waals surface area contributed by atoms with Crippen LogP contribution in [0.1, 0.15) is 125 Å². The van der Waals surface area contributed by atoms with Gasteiger partial charge >= 0.3 is 11.9 Å². The number of thiazole rings is 1. The van der Waals surface area contributed by atoms with Crippen LogP contribution in [0.2, 0.25) is 0 Å². The summed E-state index contributed by atoms with van der Waals surface area (Å²) in [4.78, 5) is 40.5. The maximum atomic E-state index is 12.6. The Morgan fingerprint density at radius 3 is 2.36 bits per heavy atom. The van der Waals surface area contributed by atoms with E-state index in [2.05, 4.69) is 24.0 Å². The van der Waals surface area contributed by atoms with Gasteiger partial charge in [0.2, 0.25) is 0 Å². The van der Waals surface area contributed by atoms with E-state index in [0.717, 1.165) is 109 Å². The molecule has 4 aromatic rings. The van der Waals surface area contributed by atoms with Crippen LogP contribution in [-0.4, -0.2) is 72.3 Å². The molecule has 1 heterocycles. The van der Waals surface area contributed by atoms with Gasteiger partial charge in [0.25, 0.3) is 0 Å². The average molecular weight is 919 g/mol. The second kappa shape index (κ2) is 26.0. The fourth-order valence-corrected chi connectivity index (χ4v) is 10.4. The molecule has 2 N–H and O–H groups in total. The maximum absolute atomic E-state index is 12.6. The lowest BCUT2D eigenvalue weighted by Crippen LogP contribution is -2.24. The summed E-state index contributed by atoms with van der Waals surface area (Å²) >= 11 is 8.05. The Morgan fingerprint density at radius 2 is 1.62 bits per heavy atom. The van der Waals surface area contributed by atoms with E-state index in [-0.39, 0.29) is 41.5 Å². The largest absolute Gasteiger partial charge is 0.493 e. The number of ether oxygens (including phenoxy) is 4. The summed E-state index contributed by atoms with van der Waals surface area (Å²) in [6.45, 7) is 7.30. The van der Waals surface area contributed by atoms with Crippen molar-refractivity contribution in [1.29, 1.82) is 0 Å². The number of halogens is 1. The maximum Gasteiger partial charge on any atom is 0.349 e. The monoisotopic (exact) mass is 917 g/mol. The van der Waals surface area contributed by atoms with Crippen LogP contribution in [0, 0.1) is 37.5 Å². The molecule has 2 unspecified atom stereocenters. The lowest BCUT2D eigenvalue weighted by Gasteiger charge is -2.22. The Kier molecular flexibility index (Phi) is 20.6. The lowest BCUT2D eigenvalue weighted by molar-refractivity contribution is -0.140. The van der Waals surface area contributed by atoms with Gasteiger partial charge in [-0.2, -0.15) is 0 Å². The molecule has 0 radical (unpaired) electrons.